The van der Waals surface area contributed by atoms with E-state index in [2.05, 4.69) is 0 Å². The number of nitro groups is 1. The van der Waals surface area contributed by atoms with Crippen LogP contribution in [0.15, 0.2) is 42.5 Å². The van der Waals surface area contributed by atoms with Crippen molar-refractivity contribution in [2.75, 3.05) is 0 Å². The highest BCUT2D eigenvalue weighted by Crippen LogP contribution is 2.28. The Morgan fingerprint density at radius 1 is 1.26 bits per heavy atom. The summed E-state index contributed by atoms with van der Waals surface area (Å²) in [5.74, 6) is -0.300. The number of ether oxygens (including phenoxy) is 1. The van der Waals surface area contributed by atoms with Crippen LogP contribution in [0.1, 0.15) is 5.56 Å². The van der Waals surface area contributed by atoms with Crippen molar-refractivity contribution in [1.29, 1.82) is 0 Å². The Balaban J connectivity index is 2.32. The first-order valence-electron chi connectivity index (χ1n) is 5.42. The Bertz CT molecular complexity index is 615. The molecular weight excluding hydrogens is 253 g/mol. The summed E-state index contributed by atoms with van der Waals surface area (Å²) in [6.45, 7) is -0.495. The maximum atomic E-state index is 13.4. The normalized spacial score (nSPS) is 10.2. The van der Waals surface area contributed by atoms with E-state index in [1.54, 1.807) is 6.07 Å². The highest BCUT2D eigenvalue weighted by Gasteiger charge is 2.14. The first-order valence-corrected chi connectivity index (χ1v) is 5.42. The zero-order valence-corrected chi connectivity index (χ0v) is 9.75. The summed E-state index contributed by atoms with van der Waals surface area (Å²) in [6, 6.07) is 9.69. The second kappa shape index (κ2) is 5.45. The molecule has 0 amide bonds. The van der Waals surface area contributed by atoms with Crippen molar-refractivity contribution >= 4 is 5.69 Å². The Morgan fingerprint density at radius 2 is 2.00 bits per heavy atom. The molecule has 98 valence electrons. The monoisotopic (exact) mass is 263 g/mol. The van der Waals surface area contributed by atoms with Crippen LogP contribution in [0, 0.1) is 15.9 Å². The van der Waals surface area contributed by atoms with E-state index in [0.717, 1.165) is 0 Å². The summed E-state index contributed by atoms with van der Waals surface area (Å²) in [6.07, 6.45) is 0. The van der Waals surface area contributed by atoms with Crippen LogP contribution in [0.3, 0.4) is 0 Å². The molecule has 6 heteroatoms. The van der Waals surface area contributed by atoms with E-state index in [4.69, 9.17) is 9.84 Å². The summed E-state index contributed by atoms with van der Waals surface area (Å²) in [4.78, 5) is 10.1. The molecule has 0 spiro atoms. The molecule has 0 radical (unpaired) electrons. The van der Waals surface area contributed by atoms with Gasteiger partial charge in [-0.3, -0.25) is 10.1 Å². The number of hydrogen-bond donors (Lipinski definition) is 1. The lowest BCUT2D eigenvalue weighted by atomic mass is 10.2. The van der Waals surface area contributed by atoms with Crippen molar-refractivity contribution < 1.29 is 19.2 Å². The number of para-hydroxylation sites is 1. The summed E-state index contributed by atoms with van der Waals surface area (Å²) >= 11 is 0. The van der Waals surface area contributed by atoms with Crippen LogP contribution in [0.2, 0.25) is 0 Å². The SMILES string of the molecule is O=[N+]([O-])c1ccc(Oc2ccccc2F)cc1CO. The number of nitrogens with zero attached hydrogens (tertiary/aromatic N) is 1. The standard InChI is InChI=1S/C13H10FNO4/c14-11-3-1-2-4-13(11)19-10-5-6-12(15(17)18)9(7-10)8-16/h1-7,16H,8H2. The molecule has 0 saturated carbocycles. The number of rotatable bonds is 4. The van der Waals surface area contributed by atoms with Gasteiger partial charge >= 0.3 is 0 Å². The number of aliphatic hydroxyl groups excluding tert-OH is 1. The predicted molar refractivity (Wildman–Crippen MR) is 65.5 cm³/mol. The summed E-state index contributed by atoms with van der Waals surface area (Å²) in [5.41, 5.74) is -0.0952. The molecule has 0 unspecified atom stereocenters. The number of aliphatic hydroxyl groups is 1. The van der Waals surface area contributed by atoms with E-state index in [1.807, 2.05) is 0 Å². The molecular formula is C13H10FNO4. The Hall–Kier alpha value is -2.47. The molecule has 0 aromatic heterocycles. The van der Waals surface area contributed by atoms with Gasteiger partial charge in [0.1, 0.15) is 5.75 Å². The minimum atomic E-state index is -0.599. The van der Waals surface area contributed by atoms with Gasteiger partial charge in [-0.2, -0.15) is 0 Å². The first kappa shape index (κ1) is 13.0. The molecule has 2 aromatic carbocycles. The van der Waals surface area contributed by atoms with Crippen molar-refractivity contribution in [2.24, 2.45) is 0 Å². The van der Waals surface area contributed by atoms with Gasteiger partial charge in [0.2, 0.25) is 0 Å². The topological polar surface area (TPSA) is 72.6 Å². The molecule has 2 rings (SSSR count). The predicted octanol–water partition coefficient (Wildman–Crippen LogP) is 3.02. The molecule has 0 saturated heterocycles. The highest BCUT2D eigenvalue weighted by molar-refractivity contribution is 5.46. The molecule has 0 heterocycles. The summed E-state index contributed by atoms with van der Waals surface area (Å²) < 4.78 is 18.7. The van der Waals surface area contributed by atoms with E-state index in [-0.39, 0.29) is 22.7 Å². The van der Waals surface area contributed by atoms with Crippen molar-refractivity contribution in [3.63, 3.8) is 0 Å². The van der Waals surface area contributed by atoms with E-state index >= 15 is 0 Å². The van der Waals surface area contributed by atoms with Gasteiger partial charge in [0.25, 0.3) is 5.69 Å². The van der Waals surface area contributed by atoms with Gasteiger partial charge < -0.3 is 9.84 Å². The number of halogens is 1. The fourth-order valence-electron chi connectivity index (χ4n) is 1.58. The molecule has 0 aliphatic rings. The Kier molecular flexibility index (Phi) is 3.72. The number of nitro benzene ring substituents is 1. The fraction of sp³-hybridized carbons (Fsp3) is 0.0769. The van der Waals surface area contributed by atoms with E-state index in [9.17, 15) is 14.5 Å². The highest BCUT2D eigenvalue weighted by atomic mass is 19.1. The molecule has 2 aromatic rings. The van der Waals surface area contributed by atoms with Crippen molar-refractivity contribution in [3.8, 4) is 11.5 Å². The Morgan fingerprint density at radius 3 is 2.63 bits per heavy atom. The second-order valence-corrected chi connectivity index (χ2v) is 3.74. The lowest BCUT2D eigenvalue weighted by molar-refractivity contribution is -0.385. The van der Waals surface area contributed by atoms with Crippen molar-refractivity contribution in [3.05, 3.63) is 64.0 Å². The van der Waals surface area contributed by atoms with Crippen LogP contribution in [0.4, 0.5) is 10.1 Å². The summed E-state index contributed by atoms with van der Waals surface area (Å²) in [7, 11) is 0. The molecule has 1 N–H and O–H groups in total. The number of hydrogen-bond acceptors (Lipinski definition) is 4. The van der Waals surface area contributed by atoms with Crippen LogP contribution >= 0.6 is 0 Å². The first-order chi connectivity index (χ1) is 9.11. The van der Waals surface area contributed by atoms with E-state index in [1.165, 1.54) is 36.4 Å². The van der Waals surface area contributed by atoms with Gasteiger partial charge in [-0.25, -0.2) is 4.39 Å². The Labute approximate surface area is 108 Å². The lowest BCUT2D eigenvalue weighted by Gasteiger charge is -2.08. The van der Waals surface area contributed by atoms with Crippen molar-refractivity contribution in [2.45, 2.75) is 6.61 Å². The third-order valence-electron chi connectivity index (χ3n) is 2.48. The van der Waals surface area contributed by atoms with Gasteiger partial charge in [0, 0.05) is 6.07 Å². The van der Waals surface area contributed by atoms with Crippen LogP contribution < -0.4 is 4.74 Å². The van der Waals surface area contributed by atoms with E-state index < -0.39 is 17.3 Å². The van der Waals surface area contributed by atoms with E-state index in [0.29, 0.717) is 0 Å². The zero-order chi connectivity index (χ0) is 13.8. The average Bonchev–Trinajstić information content (AvgIpc) is 2.41. The van der Waals surface area contributed by atoms with Crippen LogP contribution in [-0.4, -0.2) is 10.0 Å². The maximum Gasteiger partial charge on any atom is 0.275 e. The molecule has 5 nitrogen and oxygen atoms in total. The third kappa shape index (κ3) is 2.86. The molecule has 0 atom stereocenters. The van der Waals surface area contributed by atoms with Gasteiger partial charge in [-0.1, -0.05) is 12.1 Å². The largest absolute Gasteiger partial charge is 0.454 e. The zero-order valence-electron chi connectivity index (χ0n) is 9.75. The second-order valence-electron chi connectivity index (χ2n) is 3.74. The minimum Gasteiger partial charge on any atom is -0.454 e. The summed E-state index contributed by atoms with van der Waals surface area (Å²) in [5, 5.41) is 19.8. The molecule has 0 aliphatic carbocycles. The lowest BCUT2D eigenvalue weighted by Crippen LogP contribution is -1.96. The molecule has 0 aliphatic heterocycles. The van der Waals surface area contributed by atoms with Gasteiger partial charge in [-0.15, -0.1) is 0 Å². The number of benzene rings is 2. The van der Waals surface area contributed by atoms with Gasteiger partial charge in [0.15, 0.2) is 11.6 Å². The van der Waals surface area contributed by atoms with Crippen LogP contribution in [0.25, 0.3) is 0 Å². The fourth-order valence-corrected chi connectivity index (χ4v) is 1.58. The van der Waals surface area contributed by atoms with Crippen LogP contribution in [0.5, 0.6) is 11.5 Å². The third-order valence-corrected chi connectivity index (χ3v) is 2.48. The minimum absolute atomic E-state index is 0.0141. The van der Waals surface area contributed by atoms with Crippen LogP contribution in [-0.2, 0) is 6.61 Å². The average molecular weight is 263 g/mol. The quantitative estimate of drug-likeness (QED) is 0.679. The maximum absolute atomic E-state index is 13.4. The molecule has 0 bridgehead atoms. The molecule has 0 fully saturated rings. The van der Waals surface area contributed by atoms with Crippen molar-refractivity contribution in [1.82, 2.24) is 0 Å². The molecule has 19 heavy (non-hydrogen) atoms. The van der Waals surface area contributed by atoms with Gasteiger partial charge in [-0.05, 0) is 24.3 Å². The van der Waals surface area contributed by atoms with Gasteiger partial charge in [0.05, 0.1) is 17.1 Å². The smallest absolute Gasteiger partial charge is 0.275 e.